The van der Waals surface area contributed by atoms with Gasteiger partial charge in [-0.15, -0.1) is 0 Å². The second-order valence-electron chi connectivity index (χ2n) is 7.13. The number of amidine groups is 1. The maximum Gasteiger partial charge on any atom is 0.264 e. The van der Waals surface area contributed by atoms with Crippen LogP contribution in [-0.2, 0) is 11.4 Å². The maximum atomic E-state index is 12.4. The molecule has 1 amide bonds. The first-order valence-electron chi connectivity index (χ1n) is 9.92. The van der Waals surface area contributed by atoms with E-state index in [1.807, 2.05) is 61.5 Å². The Bertz CT molecular complexity index is 1190. The van der Waals surface area contributed by atoms with Crippen LogP contribution in [-0.4, -0.2) is 18.2 Å². The van der Waals surface area contributed by atoms with E-state index in [0.29, 0.717) is 33.2 Å². The van der Waals surface area contributed by atoms with Crippen LogP contribution in [0.15, 0.2) is 76.6 Å². The van der Waals surface area contributed by atoms with Crippen molar-refractivity contribution >= 4 is 46.2 Å². The molecule has 1 fully saturated rings. The van der Waals surface area contributed by atoms with Crippen LogP contribution in [0.25, 0.3) is 6.08 Å². The van der Waals surface area contributed by atoms with Gasteiger partial charge in [0.1, 0.15) is 6.61 Å². The van der Waals surface area contributed by atoms with Gasteiger partial charge in [-0.3, -0.25) is 4.79 Å². The lowest BCUT2D eigenvalue weighted by atomic mass is 10.1. The van der Waals surface area contributed by atoms with Crippen molar-refractivity contribution in [1.29, 1.82) is 0 Å². The largest absolute Gasteiger partial charge is 0.493 e. The van der Waals surface area contributed by atoms with Crippen LogP contribution in [0.3, 0.4) is 0 Å². The average molecular weight is 465 g/mol. The number of ether oxygens (including phenoxy) is 2. The third-order valence-corrected chi connectivity index (χ3v) is 5.88. The number of hydrogen-bond acceptors (Lipinski definition) is 5. The number of thioether (sulfide) groups is 1. The molecule has 0 saturated carbocycles. The number of amides is 1. The van der Waals surface area contributed by atoms with Crippen molar-refractivity contribution in [3.8, 4) is 11.5 Å². The van der Waals surface area contributed by atoms with Gasteiger partial charge in [0, 0.05) is 0 Å². The van der Waals surface area contributed by atoms with E-state index in [1.165, 1.54) is 17.3 Å². The van der Waals surface area contributed by atoms with Gasteiger partial charge in [-0.2, -0.15) is 0 Å². The summed E-state index contributed by atoms with van der Waals surface area (Å²) in [6.07, 6.45) is 1.76. The van der Waals surface area contributed by atoms with Crippen molar-refractivity contribution in [2.75, 3.05) is 7.11 Å². The molecule has 7 heteroatoms. The minimum absolute atomic E-state index is 0.209. The molecule has 3 aromatic rings. The predicted octanol–water partition coefficient (Wildman–Crippen LogP) is 6.13. The lowest BCUT2D eigenvalue weighted by Gasteiger charge is -2.13. The quantitative estimate of drug-likeness (QED) is 0.446. The summed E-state index contributed by atoms with van der Waals surface area (Å²) in [6.45, 7) is 2.41. The maximum absolute atomic E-state index is 12.4. The molecule has 5 nitrogen and oxygen atoms in total. The fourth-order valence-corrected chi connectivity index (χ4v) is 4.17. The Morgan fingerprint density at radius 2 is 1.84 bits per heavy atom. The minimum Gasteiger partial charge on any atom is -0.493 e. The first kappa shape index (κ1) is 22.0. The molecule has 1 aliphatic heterocycles. The molecule has 0 aliphatic carbocycles. The Balaban J connectivity index is 1.53. The molecule has 162 valence electrons. The molecule has 0 atom stereocenters. The SMILES string of the molecule is COc1cc(/C=C2\SC(=Nc3ccccc3)NC2=O)cc(Cl)c1OCc1ccc(C)cc1. The molecule has 0 spiro atoms. The molecule has 1 aliphatic rings. The highest BCUT2D eigenvalue weighted by Gasteiger charge is 2.24. The van der Waals surface area contributed by atoms with Gasteiger partial charge in [-0.1, -0.05) is 59.6 Å². The number of methoxy groups -OCH3 is 1. The van der Waals surface area contributed by atoms with Crippen molar-refractivity contribution in [1.82, 2.24) is 5.32 Å². The Labute approximate surface area is 196 Å². The first-order chi connectivity index (χ1) is 15.5. The molecule has 0 aromatic heterocycles. The number of nitrogens with zero attached hydrogens (tertiary/aromatic N) is 1. The Morgan fingerprint density at radius 3 is 2.56 bits per heavy atom. The van der Waals surface area contributed by atoms with Crippen molar-refractivity contribution in [2.24, 2.45) is 4.99 Å². The fraction of sp³-hybridized carbons (Fsp3) is 0.120. The molecular formula is C25H21ClN2O3S. The van der Waals surface area contributed by atoms with E-state index in [1.54, 1.807) is 25.3 Å². The molecule has 0 unspecified atom stereocenters. The number of nitrogens with one attached hydrogen (secondary N) is 1. The zero-order valence-corrected chi connectivity index (χ0v) is 19.2. The molecule has 4 rings (SSSR count). The number of benzene rings is 3. The summed E-state index contributed by atoms with van der Waals surface area (Å²) >= 11 is 7.77. The molecule has 3 aromatic carbocycles. The molecule has 1 heterocycles. The van der Waals surface area contributed by atoms with Crippen LogP contribution >= 0.6 is 23.4 Å². The number of halogens is 1. The number of carbonyl (C=O) groups excluding carboxylic acids is 1. The van der Waals surface area contributed by atoms with Gasteiger partial charge < -0.3 is 14.8 Å². The Kier molecular flexibility index (Phi) is 6.83. The zero-order chi connectivity index (χ0) is 22.5. The number of carbonyl (C=O) groups is 1. The zero-order valence-electron chi connectivity index (χ0n) is 17.6. The highest BCUT2D eigenvalue weighted by molar-refractivity contribution is 8.18. The normalized spacial score (nSPS) is 15.8. The third-order valence-electron chi connectivity index (χ3n) is 4.69. The fourth-order valence-electron chi connectivity index (χ4n) is 3.05. The van der Waals surface area contributed by atoms with E-state index >= 15 is 0 Å². The van der Waals surface area contributed by atoms with Gasteiger partial charge in [0.15, 0.2) is 16.7 Å². The van der Waals surface area contributed by atoms with Crippen molar-refractivity contribution in [3.63, 3.8) is 0 Å². The van der Waals surface area contributed by atoms with Gasteiger partial charge in [0.05, 0.1) is 22.7 Å². The third kappa shape index (κ3) is 5.33. The average Bonchev–Trinajstić information content (AvgIpc) is 3.12. The second kappa shape index (κ2) is 9.94. The van der Waals surface area contributed by atoms with Crippen LogP contribution in [0.4, 0.5) is 5.69 Å². The van der Waals surface area contributed by atoms with Crippen molar-refractivity contribution in [3.05, 3.63) is 93.3 Å². The summed E-state index contributed by atoms with van der Waals surface area (Å²) in [5, 5.41) is 3.72. The van der Waals surface area contributed by atoms with E-state index in [2.05, 4.69) is 10.3 Å². The van der Waals surface area contributed by atoms with Crippen LogP contribution in [0.1, 0.15) is 16.7 Å². The Morgan fingerprint density at radius 1 is 1.09 bits per heavy atom. The van der Waals surface area contributed by atoms with E-state index in [0.717, 1.165) is 16.8 Å². The molecule has 0 bridgehead atoms. The highest BCUT2D eigenvalue weighted by Crippen LogP contribution is 2.38. The minimum atomic E-state index is -0.209. The lowest BCUT2D eigenvalue weighted by molar-refractivity contribution is -0.115. The molecular weight excluding hydrogens is 444 g/mol. The van der Waals surface area contributed by atoms with E-state index in [4.69, 9.17) is 21.1 Å². The lowest BCUT2D eigenvalue weighted by Crippen LogP contribution is -2.19. The topological polar surface area (TPSA) is 59.9 Å². The van der Waals surface area contributed by atoms with Crippen LogP contribution in [0, 0.1) is 6.92 Å². The second-order valence-corrected chi connectivity index (χ2v) is 8.56. The van der Waals surface area contributed by atoms with Gasteiger partial charge in [-0.05, 0) is 60.2 Å². The number of aryl methyl sites for hydroxylation is 1. The summed E-state index contributed by atoms with van der Waals surface area (Å²) in [7, 11) is 1.56. The first-order valence-corrected chi connectivity index (χ1v) is 11.1. The van der Waals surface area contributed by atoms with Crippen LogP contribution in [0.2, 0.25) is 5.02 Å². The summed E-state index contributed by atoms with van der Waals surface area (Å²) < 4.78 is 11.4. The molecule has 32 heavy (non-hydrogen) atoms. The van der Waals surface area contributed by atoms with E-state index in [9.17, 15) is 4.79 Å². The number of para-hydroxylation sites is 1. The number of rotatable bonds is 6. The smallest absolute Gasteiger partial charge is 0.264 e. The van der Waals surface area contributed by atoms with Crippen LogP contribution < -0.4 is 14.8 Å². The van der Waals surface area contributed by atoms with Gasteiger partial charge >= 0.3 is 0 Å². The summed E-state index contributed by atoms with van der Waals surface area (Å²) in [5.74, 6) is 0.754. The van der Waals surface area contributed by atoms with Crippen LogP contribution in [0.5, 0.6) is 11.5 Å². The molecule has 0 radical (unpaired) electrons. The van der Waals surface area contributed by atoms with Gasteiger partial charge in [0.2, 0.25) is 0 Å². The summed E-state index contributed by atoms with van der Waals surface area (Å²) in [6, 6.07) is 21.1. The van der Waals surface area contributed by atoms with Gasteiger partial charge in [-0.25, -0.2) is 4.99 Å². The predicted molar refractivity (Wildman–Crippen MR) is 131 cm³/mol. The van der Waals surface area contributed by atoms with Gasteiger partial charge in [0.25, 0.3) is 5.91 Å². The van der Waals surface area contributed by atoms with E-state index in [-0.39, 0.29) is 5.91 Å². The highest BCUT2D eigenvalue weighted by atomic mass is 35.5. The summed E-state index contributed by atoms with van der Waals surface area (Å²) in [4.78, 5) is 17.4. The van der Waals surface area contributed by atoms with Crippen molar-refractivity contribution in [2.45, 2.75) is 13.5 Å². The molecule has 1 N–H and O–H groups in total. The number of aliphatic imine (C=N–C) groups is 1. The monoisotopic (exact) mass is 464 g/mol. The molecule has 1 saturated heterocycles. The standard InChI is InChI=1S/C25H21ClN2O3S/c1-16-8-10-17(11-9-16)15-31-23-20(26)12-18(13-21(23)30-2)14-22-24(29)28-25(32-22)27-19-6-4-3-5-7-19/h3-14H,15H2,1-2H3,(H,27,28,29)/b22-14-. The summed E-state index contributed by atoms with van der Waals surface area (Å²) in [5.41, 5.74) is 3.72. The van der Waals surface area contributed by atoms with E-state index < -0.39 is 0 Å². The Hall–Kier alpha value is -3.22. The number of hydrogen-bond donors (Lipinski definition) is 1. The van der Waals surface area contributed by atoms with Crippen molar-refractivity contribution < 1.29 is 14.3 Å².